The summed E-state index contributed by atoms with van der Waals surface area (Å²) in [5.41, 5.74) is 3.85. The van der Waals surface area contributed by atoms with Gasteiger partial charge in [0.05, 0.1) is 11.4 Å². The van der Waals surface area contributed by atoms with Crippen LogP contribution in [-0.2, 0) is 11.2 Å². The summed E-state index contributed by atoms with van der Waals surface area (Å²) in [7, 11) is -2.88. The molecular formula is C41H41NO3Si. The highest BCUT2D eigenvalue weighted by atomic mass is 28.4. The number of benzene rings is 5. The van der Waals surface area contributed by atoms with E-state index < -0.39 is 14.4 Å². The lowest BCUT2D eigenvalue weighted by Crippen LogP contribution is -2.69. The van der Waals surface area contributed by atoms with Crippen LogP contribution in [-0.4, -0.2) is 21.0 Å². The molecule has 1 aliphatic rings. The molecule has 5 aromatic rings. The third-order valence-corrected chi connectivity index (χ3v) is 13.7. The fraction of sp³-hybridized carbons (Fsp3) is 0.195. The molecule has 6 rings (SSSR count). The van der Waals surface area contributed by atoms with Crippen LogP contribution in [0.5, 0.6) is 5.75 Å². The summed E-state index contributed by atoms with van der Waals surface area (Å²) < 4.78 is 13.8. The van der Waals surface area contributed by atoms with Gasteiger partial charge in [0.1, 0.15) is 12.4 Å². The maximum absolute atomic E-state index is 13.9. The molecule has 5 heteroatoms. The molecule has 0 aliphatic heterocycles. The zero-order valence-electron chi connectivity index (χ0n) is 26.8. The van der Waals surface area contributed by atoms with Gasteiger partial charge in [-0.05, 0) is 64.1 Å². The molecule has 1 amide bonds. The first-order valence-corrected chi connectivity index (χ1v) is 17.9. The lowest BCUT2D eigenvalue weighted by atomic mass is 9.92. The Balaban J connectivity index is 1.38. The van der Waals surface area contributed by atoms with Crippen LogP contribution in [0.15, 0.2) is 152 Å². The Bertz CT molecular complexity index is 1690. The minimum Gasteiger partial charge on any atom is -0.534 e. The molecule has 0 saturated heterocycles. The Morgan fingerprint density at radius 3 is 1.74 bits per heavy atom. The second-order valence-electron chi connectivity index (χ2n) is 12.8. The number of amides is 1. The number of hydrogen-bond acceptors (Lipinski definition) is 3. The summed E-state index contributed by atoms with van der Waals surface area (Å²) in [6.07, 6.45) is 5.57. The van der Waals surface area contributed by atoms with Crippen molar-refractivity contribution in [1.29, 1.82) is 0 Å². The van der Waals surface area contributed by atoms with E-state index in [-0.39, 0.29) is 17.6 Å². The molecule has 1 atom stereocenters. The third kappa shape index (κ3) is 6.29. The van der Waals surface area contributed by atoms with Crippen molar-refractivity contribution in [1.82, 2.24) is 0 Å². The van der Waals surface area contributed by atoms with Gasteiger partial charge >= 0.3 is 14.4 Å². The first-order chi connectivity index (χ1) is 22.4. The lowest BCUT2D eigenvalue weighted by molar-refractivity contribution is 0.148. The van der Waals surface area contributed by atoms with Crippen molar-refractivity contribution >= 4 is 36.2 Å². The first-order valence-electron chi connectivity index (χ1n) is 16.0. The van der Waals surface area contributed by atoms with Gasteiger partial charge in [-0.25, -0.2) is 9.69 Å². The van der Waals surface area contributed by atoms with Crippen molar-refractivity contribution in [2.75, 3.05) is 11.5 Å². The molecule has 4 nitrogen and oxygen atoms in total. The van der Waals surface area contributed by atoms with Crippen LogP contribution in [0.4, 0.5) is 16.2 Å². The zero-order valence-corrected chi connectivity index (χ0v) is 27.8. The van der Waals surface area contributed by atoms with Gasteiger partial charge in [-0.2, -0.15) is 0 Å². The molecule has 0 fully saturated rings. The molecule has 0 radical (unpaired) electrons. The Labute approximate surface area is 274 Å². The molecule has 1 unspecified atom stereocenters. The van der Waals surface area contributed by atoms with Gasteiger partial charge in [-0.1, -0.05) is 142 Å². The number of fused-ring (bicyclic) bond motifs is 1. The van der Waals surface area contributed by atoms with E-state index in [1.165, 1.54) is 15.9 Å². The zero-order chi connectivity index (χ0) is 32.0. The molecule has 0 N–H and O–H groups in total. The van der Waals surface area contributed by atoms with Crippen molar-refractivity contribution in [2.24, 2.45) is 0 Å². The first kappa shape index (κ1) is 31.1. The van der Waals surface area contributed by atoms with Crippen molar-refractivity contribution < 1.29 is 14.0 Å². The Hall–Kier alpha value is -4.87. The SMILES string of the molecule is CC(C)(C)[Si](Oc1cccc2c1C(COC(=O)N(c1ccccc1)c1ccccc1)CC=CC2)(c1ccccc1)c1ccccc1. The van der Waals surface area contributed by atoms with E-state index in [1.807, 2.05) is 60.7 Å². The molecule has 0 bridgehead atoms. The highest BCUT2D eigenvalue weighted by Crippen LogP contribution is 2.42. The number of hydrogen-bond donors (Lipinski definition) is 0. The van der Waals surface area contributed by atoms with Crippen molar-refractivity contribution in [3.63, 3.8) is 0 Å². The van der Waals surface area contributed by atoms with E-state index in [0.29, 0.717) is 0 Å². The number of rotatable bonds is 8. The molecule has 0 saturated carbocycles. The van der Waals surface area contributed by atoms with Crippen LogP contribution < -0.4 is 19.7 Å². The van der Waals surface area contributed by atoms with Gasteiger partial charge in [0.25, 0.3) is 0 Å². The molecule has 5 aromatic carbocycles. The van der Waals surface area contributed by atoms with E-state index in [4.69, 9.17) is 9.16 Å². The Morgan fingerprint density at radius 1 is 0.696 bits per heavy atom. The third-order valence-electron chi connectivity index (χ3n) is 8.79. The normalized spacial score (nSPS) is 14.5. The molecule has 232 valence electrons. The van der Waals surface area contributed by atoms with Gasteiger partial charge in [0, 0.05) is 11.5 Å². The quantitative estimate of drug-likeness (QED) is 0.128. The second-order valence-corrected chi connectivity index (χ2v) is 17.0. The van der Waals surface area contributed by atoms with Crippen molar-refractivity contribution in [3.8, 4) is 5.75 Å². The van der Waals surface area contributed by atoms with Gasteiger partial charge in [0.2, 0.25) is 0 Å². The molecule has 1 aliphatic carbocycles. The number of ether oxygens (including phenoxy) is 1. The minimum atomic E-state index is -2.88. The largest absolute Gasteiger partial charge is 0.534 e. The van der Waals surface area contributed by atoms with Crippen LogP contribution in [0.1, 0.15) is 44.2 Å². The van der Waals surface area contributed by atoms with E-state index >= 15 is 0 Å². The molecule has 0 aromatic heterocycles. The summed E-state index contributed by atoms with van der Waals surface area (Å²) in [5, 5.41) is 2.26. The number of nitrogens with zero attached hydrogens (tertiary/aromatic N) is 1. The minimum absolute atomic E-state index is 0.0690. The van der Waals surface area contributed by atoms with Crippen LogP contribution in [0, 0.1) is 0 Å². The number of carbonyl (C=O) groups is 1. The Kier molecular flexibility index (Phi) is 9.22. The standard InChI is InChI=1S/C41H41NO3Si/c1-41(2,3)46(36-26-12-6-13-27-36,37-28-14-7-15-29-37)45-38-30-18-21-32-19-16-17-20-33(39(32)38)31-44-40(43)42(34-22-8-4-9-23-34)35-24-10-5-11-25-35/h4-18,21-30,33H,19-20,31H2,1-3H3. The summed E-state index contributed by atoms with van der Waals surface area (Å²) in [4.78, 5) is 15.5. The van der Waals surface area contributed by atoms with E-state index in [1.54, 1.807) is 4.90 Å². The average molecular weight is 624 g/mol. The smallest absolute Gasteiger partial charge is 0.418 e. The number of anilines is 2. The number of allylic oxidation sites excluding steroid dienone is 2. The van der Waals surface area contributed by atoms with E-state index in [2.05, 4.69) is 112 Å². The lowest BCUT2D eigenvalue weighted by Gasteiger charge is -2.43. The summed E-state index contributed by atoms with van der Waals surface area (Å²) in [6.45, 7) is 7.11. The highest BCUT2D eigenvalue weighted by Gasteiger charge is 2.52. The molecule has 0 heterocycles. The monoisotopic (exact) mass is 623 g/mol. The average Bonchev–Trinajstić information content (AvgIpc) is 3.30. The van der Waals surface area contributed by atoms with Gasteiger partial charge in [-0.3, -0.25) is 0 Å². The highest BCUT2D eigenvalue weighted by molar-refractivity contribution is 7.00. The maximum Gasteiger partial charge on any atom is 0.418 e. The van der Waals surface area contributed by atoms with Gasteiger partial charge < -0.3 is 9.16 Å². The maximum atomic E-state index is 13.9. The van der Waals surface area contributed by atoms with Crippen LogP contribution in [0.3, 0.4) is 0 Å². The number of para-hydroxylation sites is 2. The predicted molar refractivity (Wildman–Crippen MR) is 191 cm³/mol. The summed E-state index contributed by atoms with van der Waals surface area (Å²) in [5.74, 6) is 0.806. The summed E-state index contributed by atoms with van der Waals surface area (Å²) >= 11 is 0. The van der Waals surface area contributed by atoms with Crippen molar-refractivity contribution in [3.05, 3.63) is 163 Å². The number of carbonyl (C=O) groups excluding carboxylic acids is 1. The van der Waals surface area contributed by atoms with E-state index in [0.717, 1.165) is 35.5 Å². The fourth-order valence-corrected chi connectivity index (χ4v) is 11.1. The van der Waals surface area contributed by atoms with Crippen LogP contribution in [0.2, 0.25) is 5.04 Å². The second kappa shape index (κ2) is 13.6. The molecule has 46 heavy (non-hydrogen) atoms. The predicted octanol–water partition coefficient (Wildman–Crippen LogP) is 9.19. The van der Waals surface area contributed by atoms with Gasteiger partial charge in [-0.15, -0.1) is 0 Å². The van der Waals surface area contributed by atoms with Gasteiger partial charge in [0.15, 0.2) is 0 Å². The Morgan fingerprint density at radius 2 is 1.22 bits per heavy atom. The van der Waals surface area contributed by atoms with Crippen LogP contribution >= 0.6 is 0 Å². The topological polar surface area (TPSA) is 38.8 Å². The molecular weight excluding hydrogens is 583 g/mol. The van der Waals surface area contributed by atoms with Crippen LogP contribution in [0.25, 0.3) is 0 Å². The van der Waals surface area contributed by atoms with Crippen molar-refractivity contribution in [2.45, 2.75) is 44.6 Å². The van der Waals surface area contributed by atoms with E-state index in [9.17, 15) is 4.79 Å². The summed E-state index contributed by atoms with van der Waals surface area (Å²) in [6, 6.07) is 47.1. The molecule has 0 spiro atoms. The fourth-order valence-electron chi connectivity index (χ4n) is 6.62.